The van der Waals surface area contributed by atoms with Crippen molar-refractivity contribution in [1.82, 2.24) is 0 Å². The number of nitro benzene ring substituents is 1. The van der Waals surface area contributed by atoms with Gasteiger partial charge in [0, 0.05) is 20.0 Å². The van der Waals surface area contributed by atoms with E-state index in [1.165, 1.54) is 20.8 Å². The number of carbonyl (C=O) groups is 2. The van der Waals surface area contributed by atoms with Gasteiger partial charge in [-0.3, -0.25) is 10.1 Å². The number of hydrogen-bond donors (Lipinski definition) is 1. The van der Waals surface area contributed by atoms with Gasteiger partial charge in [-0.15, -0.1) is 0 Å². The number of ether oxygens (including phenoxy) is 2. The number of cyclic esters (lactones) is 2. The number of nitro groups is 1. The molecule has 1 heterocycles. The molecule has 1 saturated heterocycles. The van der Waals surface area contributed by atoms with E-state index in [0.29, 0.717) is 0 Å². The average Bonchev–Trinajstić information content (AvgIpc) is 2.39. The van der Waals surface area contributed by atoms with E-state index in [1.807, 2.05) is 0 Å². The van der Waals surface area contributed by atoms with E-state index in [2.05, 4.69) is 5.32 Å². The van der Waals surface area contributed by atoms with Crippen molar-refractivity contribution in [3.05, 3.63) is 45.4 Å². The lowest BCUT2D eigenvalue weighted by Gasteiger charge is -2.29. The lowest BCUT2D eigenvalue weighted by molar-refractivity contribution is -0.385. The van der Waals surface area contributed by atoms with Crippen molar-refractivity contribution in [2.45, 2.75) is 26.6 Å². The molecule has 0 atom stereocenters. The van der Waals surface area contributed by atoms with E-state index in [4.69, 9.17) is 9.47 Å². The van der Waals surface area contributed by atoms with Crippen LogP contribution in [0.5, 0.6) is 0 Å². The number of benzene rings is 1. The van der Waals surface area contributed by atoms with Crippen LogP contribution in [0.4, 0.5) is 15.8 Å². The van der Waals surface area contributed by atoms with Gasteiger partial charge in [-0.1, -0.05) is 0 Å². The molecule has 1 N–H and O–H groups in total. The zero-order valence-electron chi connectivity index (χ0n) is 12.5. The van der Waals surface area contributed by atoms with Gasteiger partial charge in [0.1, 0.15) is 5.82 Å². The standard InChI is InChI=1S/C14H13FN2O6/c1-7-10(4-8(15)5-11(7)17(20)21)16-6-9-12(18)22-14(2,3)23-13(9)19/h4-6,16H,1-3H3. The van der Waals surface area contributed by atoms with Crippen LogP contribution in [-0.4, -0.2) is 22.6 Å². The summed E-state index contributed by atoms with van der Waals surface area (Å²) in [6.45, 7) is 4.19. The highest BCUT2D eigenvalue weighted by atomic mass is 19.1. The Kier molecular flexibility index (Phi) is 4.04. The van der Waals surface area contributed by atoms with Crippen molar-refractivity contribution in [1.29, 1.82) is 0 Å². The molecule has 1 aliphatic rings. The molecule has 9 heteroatoms. The first-order chi connectivity index (χ1) is 10.6. The summed E-state index contributed by atoms with van der Waals surface area (Å²) in [5.74, 6) is -4.04. The molecular formula is C14H13FN2O6. The summed E-state index contributed by atoms with van der Waals surface area (Å²) in [7, 11) is 0. The predicted molar refractivity (Wildman–Crippen MR) is 75.8 cm³/mol. The summed E-state index contributed by atoms with van der Waals surface area (Å²) in [5, 5.41) is 13.4. The number of nitrogens with one attached hydrogen (secondary N) is 1. The minimum absolute atomic E-state index is 0.0367. The minimum atomic E-state index is -1.38. The predicted octanol–water partition coefficient (Wildman–Crippen LogP) is 2.17. The van der Waals surface area contributed by atoms with E-state index in [1.54, 1.807) is 0 Å². The molecule has 2 rings (SSSR count). The second kappa shape index (κ2) is 5.67. The normalized spacial score (nSPS) is 16.4. The molecule has 8 nitrogen and oxygen atoms in total. The second-order valence-electron chi connectivity index (χ2n) is 5.24. The van der Waals surface area contributed by atoms with Crippen molar-refractivity contribution in [2.24, 2.45) is 0 Å². The van der Waals surface area contributed by atoms with Gasteiger partial charge in [-0.25, -0.2) is 14.0 Å². The number of nitrogens with zero attached hydrogens (tertiary/aromatic N) is 1. The highest BCUT2D eigenvalue weighted by Crippen LogP contribution is 2.28. The summed E-state index contributed by atoms with van der Waals surface area (Å²) in [6, 6.07) is 1.78. The Morgan fingerprint density at radius 1 is 1.26 bits per heavy atom. The number of halogens is 1. The highest BCUT2D eigenvalue weighted by molar-refractivity contribution is 6.15. The minimum Gasteiger partial charge on any atom is -0.419 e. The van der Waals surface area contributed by atoms with E-state index in [0.717, 1.165) is 18.3 Å². The lowest BCUT2D eigenvalue weighted by Crippen LogP contribution is -2.42. The van der Waals surface area contributed by atoms with E-state index < -0.39 is 39.7 Å². The Hall–Kier alpha value is -2.97. The van der Waals surface area contributed by atoms with Gasteiger partial charge in [-0.05, 0) is 13.0 Å². The Labute approximate surface area is 130 Å². The summed E-state index contributed by atoms with van der Waals surface area (Å²) in [4.78, 5) is 33.6. The summed E-state index contributed by atoms with van der Waals surface area (Å²) < 4.78 is 23.2. The van der Waals surface area contributed by atoms with Crippen molar-refractivity contribution in [2.75, 3.05) is 5.32 Å². The van der Waals surface area contributed by atoms with Gasteiger partial charge >= 0.3 is 11.9 Å². The van der Waals surface area contributed by atoms with Gasteiger partial charge in [0.25, 0.3) is 11.5 Å². The zero-order chi connectivity index (χ0) is 17.4. The molecular weight excluding hydrogens is 311 g/mol. The van der Waals surface area contributed by atoms with E-state index >= 15 is 0 Å². The van der Waals surface area contributed by atoms with Crippen LogP contribution in [0.15, 0.2) is 23.9 Å². The molecule has 1 aromatic rings. The van der Waals surface area contributed by atoms with Crippen molar-refractivity contribution in [3.8, 4) is 0 Å². The third-order valence-corrected chi connectivity index (χ3v) is 3.03. The lowest BCUT2D eigenvalue weighted by atomic mass is 10.1. The van der Waals surface area contributed by atoms with Gasteiger partial charge in [0.2, 0.25) is 0 Å². The van der Waals surface area contributed by atoms with Gasteiger partial charge in [-0.2, -0.15) is 0 Å². The quantitative estimate of drug-likeness (QED) is 0.298. The Morgan fingerprint density at radius 3 is 2.35 bits per heavy atom. The number of hydrogen-bond acceptors (Lipinski definition) is 7. The van der Waals surface area contributed by atoms with Gasteiger partial charge in [0.15, 0.2) is 5.57 Å². The molecule has 0 bridgehead atoms. The van der Waals surface area contributed by atoms with E-state index in [9.17, 15) is 24.1 Å². The fourth-order valence-corrected chi connectivity index (χ4v) is 1.93. The molecule has 1 aliphatic heterocycles. The largest absolute Gasteiger partial charge is 0.419 e. The first kappa shape index (κ1) is 16.4. The first-order valence-electron chi connectivity index (χ1n) is 6.48. The van der Waals surface area contributed by atoms with Crippen molar-refractivity contribution < 1.29 is 28.4 Å². The molecule has 0 aromatic heterocycles. The van der Waals surface area contributed by atoms with Gasteiger partial charge in [0.05, 0.1) is 22.2 Å². The average molecular weight is 324 g/mol. The summed E-state index contributed by atoms with van der Waals surface area (Å²) in [5.41, 5.74) is -0.683. The monoisotopic (exact) mass is 324 g/mol. The fraction of sp³-hybridized carbons (Fsp3) is 0.286. The van der Waals surface area contributed by atoms with Crippen molar-refractivity contribution >= 4 is 23.3 Å². The van der Waals surface area contributed by atoms with Crippen LogP contribution in [0.25, 0.3) is 0 Å². The number of carbonyl (C=O) groups excluding carboxylic acids is 2. The number of anilines is 1. The number of rotatable bonds is 3. The summed E-state index contributed by atoms with van der Waals surface area (Å²) >= 11 is 0. The van der Waals surface area contributed by atoms with Crippen LogP contribution in [-0.2, 0) is 19.1 Å². The Bertz CT molecular complexity index is 719. The third kappa shape index (κ3) is 3.44. The maximum Gasteiger partial charge on any atom is 0.350 e. The second-order valence-corrected chi connectivity index (χ2v) is 5.24. The topological polar surface area (TPSA) is 108 Å². The Balaban J connectivity index is 2.32. The molecule has 0 unspecified atom stereocenters. The molecule has 1 fully saturated rings. The zero-order valence-corrected chi connectivity index (χ0v) is 12.5. The van der Waals surface area contributed by atoms with Crippen LogP contribution in [0.3, 0.4) is 0 Å². The molecule has 0 radical (unpaired) electrons. The first-order valence-corrected chi connectivity index (χ1v) is 6.48. The molecule has 0 aliphatic carbocycles. The molecule has 0 spiro atoms. The maximum absolute atomic E-state index is 13.4. The third-order valence-electron chi connectivity index (χ3n) is 3.03. The maximum atomic E-state index is 13.4. The molecule has 0 saturated carbocycles. The van der Waals surface area contributed by atoms with Gasteiger partial charge < -0.3 is 14.8 Å². The number of esters is 2. The molecule has 23 heavy (non-hydrogen) atoms. The van der Waals surface area contributed by atoms with Crippen LogP contribution in [0.2, 0.25) is 0 Å². The van der Waals surface area contributed by atoms with Crippen molar-refractivity contribution in [3.63, 3.8) is 0 Å². The highest BCUT2D eigenvalue weighted by Gasteiger charge is 2.39. The smallest absolute Gasteiger partial charge is 0.350 e. The molecule has 1 aromatic carbocycles. The SMILES string of the molecule is Cc1c(NC=C2C(=O)OC(C)(C)OC2=O)cc(F)cc1[N+](=O)[O-]. The summed E-state index contributed by atoms with van der Waals surface area (Å²) in [6.07, 6.45) is 0.964. The molecule has 122 valence electrons. The molecule has 0 amide bonds. The van der Waals surface area contributed by atoms with Crippen LogP contribution in [0.1, 0.15) is 19.4 Å². The fourth-order valence-electron chi connectivity index (χ4n) is 1.93. The van der Waals surface area contributed by atoms with Crippen LogP contribution < -0.4 is 5.32 Å². The van der Waals surface area contributed by atoms with Crippen LogP contribution >= 0.6 is 0 Å². The van der Waals surface area contributed by atoms with Crippen LogP contribution in [0, 0.1) is 22.9 Å². The Morgan fingerprint density at radius 2 is 1.83 bits per heavy atom. The van der Waals surface area contributed by atoms with E-state index in [-0.39, 0.29) is 11.3 Å².